The molecule has 9 heteroatoms. The first-order valence-electron chi connectivity index (χ1n) is 12.3. The number of amidine groups is 1. The van der Waals surface area contributed by atoms with E-state index in [1.165, 1.54) is 38.4 Å². The highest BCUT2D eigenvalue weighted by Crippen LogP contribution is 2.43. The number of aliphatic imine (C=N–C) groups is 2. The maximum Gasteiger partial charge on any atom is 0.208 e. The van der Waals surface area contributed by atoms with Crippen LogP contribution in [0.2, 0.25) is 0 Å². The van der Waals surface area contributed by atoms with Gasteiger partial charge in [0.1, 0.15) is 12.0 Å². The van der Waals surface area contributed by atoms with Crippen LogP contribution in [0, 0.1) is 16.9 Å². The molecule has 0 aromatic carbocycles. The molecule has 2 N–H and O–H groups in total. The van der Waals surface area contributed by atoms with Gasteiger partial charge in [-0.05, 0) is 38.2 Å². The third kappa shape index (κ3) is 5.56. The van der Waals surface area contributed by atoms with Gasteiger partial charge in [-0.2, -0.15) is 10.3 Å². The molecule has 2 aliphatic heterocycles. The minimum absolute atomic E-state index is 0.0415. The fourth-order valence-electron chi connectivity index (χ4n) is 5.92. The molecule has 2 aliphatic carbocycles. The predicted octanol–water partition coefficient (Wildman–Crippen LogP) is 2.87. The van der Waals surface area contributed by atoms with Crippen LogP contribution in [0.5, 0.6) is 0 Å². The molecule has 2 fully saturated rings. The Kier molecular flexibility index (Phi) is 7.67. The van der Waals surface area contributed by atoms with Crippen LogP contribution in [0.25, 0.3) is 0 Å². The van der Waals surface area contributed by atoms with Gasteiger partial charge in [-0.25, -0.2) is 13.1 Å². The van der Waals surface area contributed by atoms with Crippen molar-refractivity contribution in [1.29, 1.82) is 5.26 Å². The van der Waals surface area contributed by atoms with E-state index in [9.17, 15) is 13.7 Å². The summed E-state index contributed by atoms with van der Waals surface area (Å²) in [5.41, 5.74) is 0.442. The number of hydrogen-bond donors (Lipinski definition) is 2. The molecule has 0 radical (unpaired) electrons. The van der Waals surface area contributed by atoms with E-state index in [0.717, 1.165) is 43.8 Å². The molecule has 33 heavy (non-hydrogen) atoms. The topological polar surface area (TPSA) is 110 Å². The summed E-state index contributed by atoms with van der Waals surface area (Å²) < 4.78 is 26.3. The van der Waals surface area contributed by atoms with Gasteiger partial charge >= 0.3 is 0 Å². The van der Waals surface area contributed by atoms with Crippen LogP contribution in [0.3, 0.4) is 0 Å². The van der Waals surface area contributed by atoms with E-state index < -0.39 is 15.4 Å². The molecular formula is C24H36N6O2S. The summed E-state index contributed by atoms with van der Waals surface area (Å²) in [6.07, 6.45) is 21.9. The molecule has 0 bridgehead atoms. The largest absolute Gasteiger partial charge is 0.356 e. The zero-order valence-corrected chi connectivity index (χ0v) is 20.4. The van der Waals surface area contributed by atoms with E-state index in [2.05, 4.69) is 32.2 Å². The fourth-order valence-corrected chi connectivity index (χ4v) is 6.39. The van der Waals surface area contributed by atoms with E-state index in [1.807, 2.05) is 18.2 Å². The Morgan fingerprint density at radius 2 is 2.00 bits per heavy atom. The summed E-state index contributed by atoms with van der Waals surface area (Å²) in [6.45, 7) is 1.18. The highest BCUT2D eigenvalue weighted by Gasteiger charge is 2.51. The van der Waals surface area contributed by atoms with E-state index in [1.54, 1.807) is 0 Å². The first-order valence-corrected chi connectivity index (χ1v) is 14.2. The quantitative estimate of drug-likeness (QED) is 0.578. The van der Waals surface area contributed by atoms with Crippen molar-refractivity contribution >= 4 is 21.6 Å². The third-order valence-electron chi connectivity index (χ3n) is 7.49. The van der Waals surface area contributed by atoms with Crippen LogP contribution in [-0.4, -0.2) is 62.5 Å². The Hall–Kier alpha value is -2.02. The van der Waals surface area contributed by atoms with Gasteiger partial charge in [0.15, 0.2) is 0 Å². The number of nitrogens with zero attached hydrogens (tertiary/aromatic N) is 4. The molecule has 4 rings (SSSR count). The van der Waals surface area contributed by atoms with Crippen molar-refractivity contribution < 1.29 is 8.42 Å². The summed E-state index contributed by atoms with van der Waals surface area (Å²) >= 11 is 0. The molecule has 0 spiro atoms. The summed E-state index contributed by atoms with van der Waals surface area (Å²) in [4.78, 5) is 11.9. The molecule has 8 nitrogen and oxygen atoms in total. The van der Waals surface area contributed by atoms with Crippen LogP contribution < -0.4 is 10.0 Å². The Morgan fingerprint density at radius 3 is 2.70 bits per heavy atom. The summed E-state index contributed by atoms with van der Waals surface area (Å²) in [5, 5.41) is 13.4. The number of nitrogens with one attached hydrogen (secondary N) is 2. The van der Waals surface area contributed by atoms with Gasteiger partial charge in [-0.15, -0.1) is 0 Å². The Labute approximate surface area is 198 Å². The summed E-state index contributed by atoms with van der Waals surface area (Å²) in [7, 11) is -3.32. The van der Waals surface area contributed by atoms with E-state index >= 15 is 0 Å². The normalized spacial score (nSPS) is 32.2. The average Bonchev–Trinajstić information content (AvgIpc) is 3.19. The van der Waals surface area contributed by atoms with Crippen molar-refractivity contribution in [2.75, 3.05) is 19.3 Å². The SMILES string of the molecule is CS(=O)(=O)NCCC1(C2N=C3C=CC=CC3N2)CCCN(C2CCCCCCC2)C1=NC#N. The van der Waals surface area contributed by atoms with Gasteiger partial charge < -0.3 is 4.90 Å². The lowest BCUT2D eigenvalue weighted by atomic mass is 9.72. The predicted molar refractivity (Wildman–Crippen MR) is 131 cm³/mol. The second-order valence-corrected chi connectivity index (χ2v) is 11.6. The van der Waals surface area contributed by atoms with Gasteiger partial charge in [0.05, 0.1) is 23.4 Å². The summed E-state index contributed by atoms with van der Waals surface area (Å²) in [6, 6.07) is 0.413. The van der Waals surface area contributed by atoms with E-state index in [4.69, 9.17) is 4.99 Å². The van der Waals surface area contributed by atoms with Crippen LogP contribution in [0.1, 0.15) is 64.2 Å². The Bertz CT molecular complexity index is 971. The van der Waals surface area contributed by atoms with Gasteiger partial charge in [-0.1, -0.05) is 50.3 Å². The van der Waals surface area contributed by atoms with Crippen LogP contribution >= 0.6 is 0 Å². The number of allylic oxidation sites excluding steroid dienone is 2. The molecule has 3 atom stereocenters. The highest BCUT2D eigenvalue weighted by atomic mass is 32.2. The molecule has 4 aliphatic rings. The van der Waals surface area contributed by atoms with Crippen LogP contribution in [-0.2, 0) is 10.0 Å². The maximum absolute atomic E-state index is 11.8. The molecular weight excluding hydrogens is 436 g/mol. The summed E-state index contributed by atoms with van der Waals surface area (Å²) in [5.74, 6) is 0.797. The van der Waals surface area contributed by atoms with Crippen LogP contribution in [0.4, 0.5) is 0 Å². The zero-order chi connectivity index (χ0) is 23.3. The Balaban J connectivity index is 1.69. The van der Waals surface area contributed by atoms with Gasteiger partial charge in [0, 0.05) is 19.1 Å². The number of sulfonamides is 1. The molecule has 0 aromatic heterocycles. The molecule has 1 saturated carbocycles. The lowest BCUT2D eigenvalue weighted by Crippen LogP contribution is -2.60. The van der Waals surface area contributed by atoms with Crippen molar-refractivity contribution in [3.63, 3.8) is 0 Å². The van der Waals surface area contributed by atoms with Gasteiger partial charge in [0.2, 0.25) is 16.2 Å². The van der Waals surface area contributed by atoms with E-state index in [-0.39, 0.29) is 12.2 Å². The maximum atomic E-state index is 11.8. The number of hydrogen-bond acceptors (Lipinski definition) is 6. The van der Waals surface area contributed by atoms with Crippen molar-refractivity contribution in [2.24, 2.45) is 15.4 Å². The van der Waals surface area contributed by atoms with Crippen molar-refractivity contribution in [3.8, 4) is 6.19 Å². The second-order valence-electron chi connectivity index (χ2n) is 9.75. The lowest BCUT2D eigenvalue weighted by molar-refractivity contribution is 0.148. The standard InChI is InChI=1S/C24H36N6O2S/c1-33(31,32)27-16-15-24(22-28-20-12-7-8-13-21(20)29-22)14-9-17-30(23(24)26-18-25)19-10-5-3-2-4-6-11-19/h7-8,12-13,19-20,22,27-28H,2-6,9-11,14-17H2,1H3. The molecule has 2 heterocycles. The fraction of sp³-hybridized carbons (Fsp3) is 0.708. The first kappa shape index (κ1) is 24.1. The zero-order valence-electron chi connectivity index (χ0n) is 19.5. The smallest absolute Gasteiger partial charge is 0.208 e. The van der Waals surface area contributed by atoms with Crippen molar-refractivity contribution in [3.05, 3.63) is 24.3 Å². The molecule has 0 amide bonds. The third-order valence-corrected chi connectivity index (χ3v) is 8.21. The molecule has 1 saturated heterocycles. The van der Waals surface area contributed by atoms with Crippen molar-refractivity contribution in [1.82, 2.24) is 14.9 Å². The number of likely N-dealkylation sites (tertiary alicyclic amines) is 1. The molecule has 0 aromatic rings. The first-order chi connectivity index (χ1) is 15.9. The van der Waals surface area contributed by atoms with E-state index in [0.29, 0.717) is 19.0 Å². The van der Waals surface area contributed by atoms with Crippen LogP contribution in [0.15, 0.2) is 34.3 Å². The molecule has 180 valence electrons. The highest BCUT2D eigenvalue weighted by molar-refractivity contribution is 7.88. The van der Waals surface area contributed by atoms with Gasteiger partial charge in [0.25, 0.3) is 0 Å². The number of fused-ring (bicyclic) bond motifs is 1. The number of rotatable bonds is 6. The minimum atomic E-state index is -3.32. The monoisotopic (exact) mass is 472 g/mol. The minimum Gasteiger partial charge on any atom is -0.356 e. The van der Waals surface area contributed by atoms with Gasteiger partial charge in [-0.3, -0.25) is 10.3 Å². The number of piperidine rings is 1. The molecule has 3 unspecified atom stereocenters. The Morgan fingerprint density at radius 1 is 1.24 bits per heavy atom. The van der Waals surface area contributed by atoms with Crippen molar-refractivity contribution in [2.45, 2.75) is 82.5 Å². The number of nitriles is 1. The second kappa shape index (κ2) is 10.5. The lowest BCUT2D eigenvalue weighted by Gasteiger charge is -2.49. The average molecular weight is 473 g/mol.